The molecule has 1 heterocycles. The van der Waals surface area contributed by atoms with Crippen LogP contribution in [0, 0.1) is 22.2 Å². The zero-order valence-electron chi connectivity index (χ0n) is 13.0. The first-order chi connectivity index (χ1) is 9.46. The highest BCUT2D eigenvalue weighted by Gasteiger charge is 2.62. The molecule has 4 bridgehead atoms. The van der Waals surface area contributed by atoms with Gasteiger partial charge >= 0.3 is 0 Å². The molecule has 4 saturated carbocycles. The van der Waals surface area contributed by atoms with Crippen LogP contribution in [0.25, 0.3) is 0 Å². The summed E-state index contributed by atoms with van der Waals surface area (Å²) in [5, 5.41) is 3.64. The molecule has 4 fully saturated rings. The molecule has 20 heavy (non-hydrogen) atoms. The molecule has 4 aliphatic carbocycles. The van der Waals surface area contributed by atoms with Gasteiger partial charge in [0.25, 0.3) is 0 Å². The van der Waals surface area contributed by atoms with E-state index in [1.54, 1.807) is 0 Å². The third-order valence-corrected chi connectivity index (χ3v) is 6.45. The van der Waals surface area contributed by atoms with Crippen LogP contribution in [0.1, 0.15) is 64.0 Å². The summed E-state index contributed by atoms with van der Waals surface area (Å²) in [7, 11) is 2.13. The quantitative estimate of drug-likeness (QED) is 0.875. The Morgan fingerprint density at radius 1 is 1.15 bits per heavy atom. The van der Waals surface area contributed by atoms with E-state index in [4.69, 9.17) is 4.42 Å². The molecule has 5 rings (SSSR count). The Morgan fingerprint density at radius 2 is 1.85 bits per heavy atom. The second-order valence-corrected chi connectivity index (χ2v) is 8.77. The minimum absolute atomic E-state index is 0.446. The maximum absolute atomic E-state index is 5.37. The van der Waals surface area contributed by atoms with Crippen LogP contribution in [0.15, 0.2) is 23.0 Å². The minimum atomic E-state index is 0.446. The summed E-state index contributed by atoms with van der Waals surface area (Å²) in [4.78, 5) is 0. The Balaban J connectivity index is 1.76. The average molecular weight is 273 g/mol. The van der Waals surface area contributed by atoms with Crippen molar-refractivity contribution in [2.24, 2.45) is 22.2 Å². The van der Waals surface area contributed by atoms with E-state index in [9.17, 15) is 0 Å². The van der Waals surface area contributed by atoms with Crippen LogP contribution in [-0.4, -0.2) is 7.05 Å². The lowest BCUT2D eigenvalue weighted by molar-refractivity contribution is -0.158. The minimum Gasteiger partial charge on any atom is -0.472 e. The number of furan rings is 1. The zero-order valence-corrected chi connectivity index (χ0v) is 13.0. The second kappa shape index (κ2) is 3.91. The first kappa shape index (κ1) is 12.9. The summed E-state index contributed by atoms with van der Waals surface area (Å²) in [6, 6.07) is 2.62. The Hall–Kier alpha value is -0.760. The third-order valence-electron chi connectivity index (χ3n) is 6.45. The standard InChI is InChI=1S/C18H27NO/c1-16-6-13-7-17(2,10-16)12-18(8-13,11-16)15(19-3)14-4-5-20-9-14/h4-5,9,13,15,19H,6-8,10-12H2,1-3H3. The monoisotopic (exact) mass is 273 g/mol. The summed E-state index contributed by atoms with van der Waals surface area (Å²) in [5.41, 5.74) is 2.95. The molecule has 2 nitrogen and oxygen atoms in total. The van der Waals surface area contributed by atoms with E-state index in [1.807, 2.05) is 12.5 Å². The van der Waals surface area contributed by atoms with Gasteiger partial charge in [-0.05, 0) is 73.8 Å². The second-order valence-electron chi connectivity index (χ2n) is 8.77. The number of nitrogens with one attached hydrogen (secondary N) is 1. The van der Waals surface area contributed by atoms with Gasteiger partial charge in [0.1, 0.15) is 0 Å². The highest BCUT2D eigenvalue weighted by molar-refractivity contribution is 5.21. The number of rotatable bonds is 3. The van der Waals surface area contributed by atoms with Gasteiger partial charge in [0.2, 0.25) is 0 Å². The van der Waals surface area contributed by atoms with Crippen LogP contribution in [-0.2, 0) is 0 Å². The van der Waals surface area contributed by atoms with Crippen LogP contribution in [0.2, 0.25) is 0 Å². The van der Waals surface area contributed by atoms with Crippen molar-refractivity contribution in [1.29, 1.82) is 0 Å². The molecule has 0 radical (unpaired) electrons. The number of hydrogen-bond donors (Lipinski definition) is 1. The van der Waals surface area contributed by atoms with Crippen molar-refractivity contribution in [1.82, 2.24) is 5.32 Å². The smallest absolute Gasteiger partial charge is 0.0950 e. The molecule has 2 heteroatoms. The van der Waals surface area contributed by atoms with Gasteiger partial charge in [-0.2, -0.15) is 0 Å². The number of hydrogen-bond acceptors (Lipinski definition) is 2. The first-order valence-corrected chi connectivity index (χ1v) is 8.15. The first-order valence-electron chi connectivity index (χ1n) is 8.15. The molecule has 3 unspecified atom stereocenters. The van der Waals surface area contributed by atoms with Gasteiger partial charge in [-0.3, -0.25) is 0 Å². The van der Waals surface area contributed by atoms with Gasteiger partial charge in [0.05, 0.1) is 12.5 Å². The molecule has 1 aromatic heterocycles. The molecule has 0 spiro atoms. The van der Waals surface area contributed by atoms with Gasteiger partial charge in [-0.25, -0.2) is 0 Å². The van der Waals surface area contributed by atoms with Gasteiger partial charge in [-0.15, -0.1) is 0 Å². The molecule has 110 valence electrons. The van der Waals surface area contributed by atoms with Gasteiger partial charge in [-0.1, -0.05) is 13.8 Å². The molecule has 0 aliphatic heterocycles. The fraction of sp³-hybridized carbons (Fsp3) is 0.778. The molecular weight excluding hydrogens is 246 g/mol. The highest BCUT2D eigenvalue weighted by Crippen LogP contribution is 2.72. The summed E-state index contributed by atoms with van der Waals surface area (Å²) in [6.07, 6.45) is 12.3. The van der Waals surface area contributed by atoms with Gasteiger partial charge in [0.15, 0.2) is 0 Å². The lowest BCUT2D eigenvalue weighted by Gasteiger charge is -2.67. The fourth-order valence-corrected chi connectivity index (χ4v) is 7.12. The van der Waals surface area contributed by atoms with Crippen LogP contribution in [0.4, 0.5) is 0 Å². The topological polar surface area (TPSA) is 25.2 Å². The van der Waals surface area contributed by atoms with E-state index >= 15 is 0 Å². The highest BCUT2D eigenvalue weighted by atomic mass is 16.3. The lowest BCUT2D eigenvalue weighted by Crippen LogP contribution is -2.58. The SMILES string of the molecule is CNC(c1ccoc1)C12CC3CC(C)(CC(C)(C3)C1)C2. The Kier molecular flexibility index (Phi) is 2.53. The molecule has 3 atom stereocenters. The van der Waals surface area contributed by atoms with E-state index in [-0.39, 0.29) is 0 Å². The van der Waals surface area contributed by atoms with E-state index in [0.29, 0.717) is 22.3 Å². The van der Waals surface area contributed by atoms with Crippen LogP contribution < -0.4 is 5.32 Å². The van der Waals surface area contributed by atoms with Crippen molar-refractivity contribution >= 4 is 0 Å². The fourth-order valence-electron chi connectivity index (χ4n) is 7.12. The predicted molar refractivity (Wildman–Crippen MR) is 80.3 cm³/mol. The maximum Gasteiger partial charge on any atom is 0.0950 e. The molecular formula is C18H27NO. The maximum atomic E-state index is 5.37. The van der Waals surface area contributed by atoms with Crippen molar-refractivity contribution in [2.45, 2.75) is 58.4 Å². The predicted octanol–water partition coefficient (Wildman–Crippen LogP) is 4.54. The largest absolute Gasteiger partial charge is 0.472 e. The Bertz CT molecular complexity index is 487. The van der Waals surface area contributed by atoms with E-state index in [2.05, 4.69) is 32.3 Å². The average Bonchev–Trinajstić information content (AvgIpc) is 2.77. The van der Waals surface area contributed by atoms with Crippen molar-refractivity contribution in [3.8, 4) is 0 Å². The summed E-state index contributed by atoms with van der Waals surface area (Å²) >= 11 is 0. The summed E-state index contributed by atoms with van der Waals surface area (Å²) < 4.78 is 5.37. The van der Waals surface area contributed by atoms with Crippen LogP contribution >= 0.6 is 0 Å². The van der Waals surface area contributed by atoms with Crippen molar-refractivity contribution < 1.29 is 4.42 Å². The normalized spacial score (nSPS) is 47.6. The summed E-state index contributed by atoms with van der Waals surface area (Å²) in [6.45, 7) is 5.10. The molecule has 1 N–H and O–H groups in total. The van der Waals surface area contributed by atoms with E-state index in [0.717, 1.165) is 5.92 Å². The lowest BCUT2D eigenvalue weighted by atomic mass is 9.39. The van der Waals surface area contributed by atoms with E-state index in [1.165, 1.54) is 44.1 Å². The Morgan fingerprint density at radius 3 is 2.35 bits per heavy atom. The van der Waals surface area contributed by atoms with Gasteiger partial charge in [0, 0.05) is 11.6 Å². The molecule has 1 aromatic rings. The van der Waals surface area contributed by atoms with Crippen molar-refractivity contribution in [3.05, 3.63) is 24.2 Å². The molecule has 0 aromatic carbocycles. The molecule has 4 aliphatic rings. The van der Waals surface area contributed by atoms with Gasteiger partial charge < -0.3 is 9.73 Å². The van der Waals surface area contributed by atoms with Crippen molar-refractivity contribution in [2.75, 3.05) is 7.05 Å². The van der Waals surface area contributed by atoms with Crippen LogP contribution in [0.3, 0.4) is 0 Å². The van der Waals surface area contributed by atoms with Crippen molar-refractivity contribution in [3.63, 3.8) is 0 Å². The van der Waals surface area contributed by atoms with Crippen LogP contribution in [0.5, 0.6) is 0 Å². The zero-order chi connectivity index (χ0) is 14.0. The Labute approximate surface area is 122 Å². The molecule has 0 saturated heterocycles. The van der Waals surface area contributed by atoms with E-state index < -0.39 is 0 Å². The molecule has 0 amide bonds. The summed E-state index contributed by atoms with van der Waals surface area (Å²) in [5.74, 6) is 0.948. The third kappa shape index (κ3) is 1.73.